The fourth-order valence-electron chi connectivity index (χ4n) is 2.56. The maximum absolute atomic E-state index is 12.5. The van der Waals surface area contributed by atoms with Crippen molar-refractivity contribution in [3.05, 3.63) is 0 Å². The van der Waals surface area contributed by atoms with Crippen LogP contribution in [0.1, 0.15) is 39.0 Å². The number of aliphatic hydroxyl groups is 2. The predicted molar refractivity (Wildman–Crippen MR) is 110 cm³/mol. The molecule has 0 aliphatic heterocycles. The Morgan fingerprint density at radius 2 is 1.47 bits per heavy atom. The second kappa shape index (κ2) is 15.1. The van der Waals surface area contributed by atoms with E-state index in [1.165, 1.54) is 6.92 Å². The van der Waals surface area contributed by atoms with Crippen LogP contribution in [-0.2, 0) is 24.0 Å². The van der Waals surface area contributed by atoms with Gasteiger partial charge in [0.15, 0.2) is 0 Å². The van der Waals surface area contributed by atoms with Crippen LogP contribution in [0.5, 0.6) is 0 Å². The number of hydrogen-bond donors (Lipinski definition) is 9. The number of carbonyl (C=O) groups excluding carboxylic acids is 3. The normalized spacial score (nSPS) is 15.5. The minimum Gasteiger partial charge on any atom is -0.481 e. The van der Waals surface area contributed by atoms with Crippen molar-refractivity contribution in [1.29, 1.82) is 0 Å². The van der Waals surface area contributed by atoms with Gasteiger partial charge in [0.05, 0.1) is 18.8 Å². The Bertz CT molecular complexity index is 659. The fraction of sp³-hybridized carbons (Fsp3) is 0.722. The van der Waals surface area contributed by atoms with Gasteiger partial charge in [-0.05, 0) is 32.7 Å². The van der Waals surface area contributed by atoms with Crippen molar-refractivity contribution in [3.8, 4) is 0 Å². The van der Waals surface area contributed by atoms with Crippen LogP contribution in [0.3, 0.4) is 0 Å². The molecule has 32 heavy (non-hydrogen) atoms. The molecule has 0 aromatic heterocycles. The molecule has 11 N–H and O–H groups in total. The molecule has 3 amide bonds. The van der Waals surface area contributed by atoms with Gasteiger partial charge in [-0.1, -0.05) is 6.42 Å². The summed E-state index contributed by atoms with van der Waals surface area (Å²) in [6, 6.07) is -5.65. The summed E-state index contributed by atoms with van der Waals surface area (Å²) in [7, 11) is 0. The molecule has 0 rings (SSSR count). The quantitative estimate of drug-likeness (QED) is 0.100. The molecule has 14 nitrogen and oxygen atoms in total. The van der Waals surface area contributed by atoms with E-state index in [-0.39, 0.29) is 0 Å². The number of rotatable bonds is 16. The Morgan fingerprint density at radius 3 is 1.94 bits per heavy atom. The molecule has 184 valence electrons. The second-order valence-corrected chi connectivity index (χ2v) is 7.19. The fourth-order valence-corrected chi connectivity index (χ4v) is 2.56. The van der Waals surface area contributed by atoms with E-state index in [4.69, 9.17) is 21.7 Å². The summed E-state index contributed by atoms with van der Waals surface area (Å²) in [5.74, 6) is -5.59. The molecule has 0 bridgehead atoms. The van der Waals surface area contributed by atoms with Crippen molar-refractivity contribution in [3.63, 3.8) is 0 Å². The number of aliphatic carboxylic acids is 2. The van der Waals surface area contributed by atoms with Crippen LogP contribution in [0, 0.1) is 0 Å². The van der Waals surface area contributed by atoms with Crippen LogP contribution >= 0.6 is 0 Å². The lowest BCUT2D eigenvalue weighted by molar-refractivity contribution is -0.143. The van der Waals surface area contributed by atoms with E-state index in [2.05, 4.69) is 10.6 Å². The van der Waals surface area contributed by atoms with Crippen LogP contribution in [0.25, 0.3) is 0 Å². The molecule has 0 aromatic rings. The Morgan fingerprint density at radius 1 is 0.875 bits per heavy atom. The van der Waals surface area contributed by atoms with Gasteiger partial charge in [0.1, 0.15) is 18.1 Å². The summed E-state index contributed by atoms with van der Waals surface area (Å²) in [4.78, 5) is 58.8. The highest BCUT2D eigenvalue weighted by Crippen LogP contribution is 2.02. The Hall–Kier alpha value is -2.81. The zero-order valence-electron chi connectivity index (χ0n) is 17.8. The third-order valence-corrected chi connectivity index (χ3v) is 4.45. The summed E-state index contributed by atoms with van der Waals surface area (Å²) in [6.45, 7) is 0.712. The first-order valence-electron chi connectivity index (χ1n) is 10.0. The molecule has 5 unspecified atom stereocenters. The lowest BCUT2D eigenvalue weighted by Crippen LogP contribution is -2.60. The molecular weight excluding hydrogens is 430 g/mol. The highest BCUT2D eigenvalue weighted by Gasteiger charge is 2.32. The maximum atomic E-state index is 12.5. The number of carboxylic acid groups (broad SMARTS) is 2. The molecule has 0 spiro atoms. The monoisotopic (exact) mass is 463 g/mol. The Kier molecular flexibility index (Phi) is 13.7. The van der Waals surface area contributed by atoms with E-state index < -0.39 is 79.4 Å². The minimum atomic E-state index is -1.62. The van der Waals surface area contributed by atoms with Crippen LogP contribution in [0.2, 0.25) is 0 Å². The maximum Gasteiger partial charge on any atom is 0.326 e. The third kappa shape index (κ3) is 11.0. The molecule has 0 aliphatic rings. The first-order valence-corrected chi connectivity index (χ1v) is 10.0. The third-order valence-electron chi connectivity index (χ3n) is 4.45. The first-order chi connectivity index (χ1) is 14.9. The van der Waals surface area contributed by atoms with Gasteiger partial charge in [0, 0.05) is 6.42 Å². The van der Waals surface area contributed by atoms with Crippen molar-refractivity contribution < 1.29 is 44.4 Å². The zero-order chi connectivity index (χ0) is 24.8. The average molecular weight is 463 g/mol. The second-order valence-electron chi connectivity index (χ2n) is 7.19. The molecule has 0 saturated carbocycles. The number of nitrogens with two attached hydrogens (primary N) is 2. The van der Waals surface area contributed by atoms with Gasteiger partial charge in [-0.2, -0.15) is 0 Å². The highest BCUT2D eigenvalue weighted by molar-refractivity contribution is 5.94. The van der Waals surface area contributed by atoms with E-state index in [1.54, 1.807) is 0 Å². The molecule has 0 heterocycles. The molecule has 0 aromatic carbocycles. The van der Waals surface area contributed by atoms with Crippen LogP contribution in [0.15, 0.2) is 0 Å². The molecule has 5 atom stereocenters. The van der Waals surface area contributed by atoms with Gasteiger partial charge in [0.25, 0.3) is 0 Å². The van der Waals surface area contributed by atoms with Crippen LogP contribution in [0.4, 0.5) is 0 Å². The lowest BCUT2D eigenvalue weighted by Gasteiger charge is -2.25. The SMILES string of the molecule is CC(O)C(NC(=O)C(N)CCCCN)C(=O)NC(CO)C(=O)NC(CCC(=O)O)C(=O)O. The van der Waals surface area contributed by atoms with Gasteiger partial charge in [-0.3, -0.25) is 19.2 Å². The van der Waals surface area contributed by atoms with Crippen molar-refractivity contribution in [2.75, 3.05) is 13.2 Å². The minimum absolute atomic E-state index is 0.297. The number of aliphatic hydroxyl groups excluding tert-OH is 2. The molecular formula is C18H33N5O9. The molecule has 0 saturated heterocycles. The number of unbranched alkanes of at least 4 members (excludes halogenated alkanes) is 1. The lowest BCUT2D eigenvalue weighted by atomic mass is 10.1. The Balaban J connectivity index is 5.08. The smallest absolute Gasteiger partial charge is 0.326 e. The van der Waals surface area contributed by atoms with Gasteiger partial charge < -0.3 is 47.8 Å². The summed E-state index contributed by atoms with van der Waals surface area (Å²) >= 11 is 0. The number of amides is 3. The number of hydrogen-bond acceptors (Lipinski definition) is 9. The van der Waals surface area contributed by atoms with E-state index in [1.807, 2.05) is 5.32 Å². The van der Waals surface area contributed by atoms with Crippen LogP contribution < -0.4 is 27.4 Å². The van der Waals surface area contributed by atoms with Gasteiger partial charge in [0.2, 0.25) is 17.7 Å². The molecule has 14 heteroatoms. The number of carboxylic acids is 2. The number of carbonyl (C=O) groups is 5. The summed E-state index contributed by atoms with van der Waals surface area (Å²) in [6.07, 6.45) is -0.813. The Labute approximate surface area is 184 Å². The summed E-state index contributed by atoms with van der Waals surface area (Å²) in [5, 5.41) is 43.5. The van der Waals surface area contributed by atoms with E-state index >= 15 is 0 Å². The van der Waals surface area contributed by atoms with Crippen molar-refractivity contribution >= 4 is 29.7 Å². The average Bonchev–Trinajstić information content (AvgIpc) is 2.71. The van der Waals surface area contributed by atoms with Gasteiger partial charge in [-0.15, -0.1) is 0 Å². The van der Waals surface area contributed by atoms with Crippen molar-refractivity contribution in [2.45, 2.75) is 69.3 Å². The van der Waals surface area contributed by atoms with Gasteiger partial charge >= 0.3 is 11.9 Å². The summed E-state index contributed by atoms with van der Waals surface area (Å²) in [5.41, 5.74) is 11.1. The summed E-state index contributed by atoms with van der Waals surface area (Å²) < 4.78 is 0. The van der Waals surface area contributed by atoms with Crippen molar-refractivity contribution in [1.82, 2.24) is 16.0 Å². The van der Waals surface area contributed by atoms with E-state index in [9.17, 15) is 34.2 Å². The first kappa shape index (κ1) is 29.2. The molecule has 0 aliphatic carbocycles. The standard InChI is InChI=1S/C18H33N5O9/c1-9(25)14(23-15(28)10(20)4-2-3-7-19)17(30)22-12(8-24)16(29)21-11(18(31)32)5-6-13(26)27/h9-12,14,24-25H,2-8,19-20H2,1H3,(H,21,29)(H,22,30)(H,23,28)(H,26,27)(H,31,32). The topological polar surface area (TPSA) is 254 Å². The van der Waals surface area contributed by atoms with E-state index in [0.29, 0.717) is 25.8 Å². The largest absolute Gasteiger partial charge is 0.481 e. The van der Waals surface area contributed by atoms with Crippen molar-refractivity contribution in [2.24, 2.45) is 11.5 Å². The zero-order valence-corrected chi connectivity index (χ0v) is 17.8. The molecule has 0 radical (unpaired) electrons. The molecule has 0 fully saturated rings. The predicted octanol–water partition coefficient (Wildman–Crippen LogP) is -3.78. The highest BCUT2D eigenvalue weighted by atomic mass is 16.4. The van der Waals surface area contributed by atoms with Crippen LogP contribution in [-0.4, -0.2) is 93.5 Å². The van der Waals surface area contributed by atoms with Gasteiger partial charge in [-0.25, -0.2) is 4.79 Å². The number of nitrogens with one attached hydrogen (secondary N) is 3. The van der Waals surface area contributed by atoms with E-state index in [0.717, 1.165) is 0 Å².